The third-order valence-electron chi connectivity index (χ3n) is 4.49. The van der Waals surface area contributed by atoms with Gasteiger partial charge in [0.25, 0.3) is 0 Å². The highest BCUT2D eigenvalue weighted by Crippen LogP contribution is 2.24. The predicted octanol–water partition coefficient (Wildman–Crippen LogP) is 3.00. The summed E-state index contributed by atoms with van der Waals surface area (Å²) in [7, 11) is 0. The lowest BCUT2D eigenvalue weighted by Gasteiger charge is -2.43. The highest BCUT2D eigenvalue weighted by atomic mass is 16.5. The zero-order chi connectivity index (χ0) is 17.6. The Bertz CT molecular complexity index is 499. The van der Waals surface area contributed by atoms with Crippen LogP contribution in [0.1, 0.15) is 39.7 Å². The summed E-state index contributed by atoms with van der Waals surface area (Å²) in [5.74, 6) is 0.986. The molecule has 1 heterocycles. The smallest absolute Gasteiger partial charge is 0.123 e. The van der Waals surface area contributed by atoms with Gasteiger partial charge in [-0.05, 0) is 24.8 Å². The number of piperazine rings is 1. The SMILES string of the molecule is CCOc1ccccc1CN1CCN(CC(C)(C)C)C[C@@H]1CCO. The van der Waals surface area contributed by atoms with Crippen molar-refractivity contribution in [2.45, 2.75) is 46.7 Å². The zero-order valence-corrected chi connectivity index (χ0v) is 15.8. The van der Waals surface area contributed by atoms with Gasteiger partial charge in [0.2, 0.25) is 0 Å². The van der Waals surface area contributed by atoms with Crippen molar-refractivity contribution in [3.63, 3.8) is 0 Å². The Labute approximate surface area is 147 Å². The van der Waals surface area contributed by atoms with E-state index < -0.39 is 0 Å². The molecule has 2 rings (SSSR count). The molecule has 1 saturated heterocycles. The van der Waals surface area contributed by atoms with E-state index in [2.05, 4.69) is 48.8 Å². The summed E-state index contributed by atoms with van der Waals surface area (Å²) in [6, 6.07) is 8.72. The summed E-state index contributed by atoms with van der Waals surface area (Å²) in [5.41, 5.74) is 1.56. The number of para-hydroxylation sites is 1. The topological polar surface area (TPSA) is 35.9 Å². The number of aliphatic hydroxyl groups excluding tert-OH is 1. The van der Waals surface area contributed by atoms with E-state index in [0.29, 0.717) is 18.1 Å². The standard InChI is InChI=1S/C20H34N2O2/c1-5-24-19-9-7-6-8-17(19)14-22-12-11-21(16-20(2,3)4)15-18(22)10-13-23/h6-9,18,23H,5,10-16H2,1-4H3/t18-/m0/s1. The predicted molar refractivity (Wildman–Crippen MR) is 99.4 cm³/mol. The fourth-order valence-electron chi connectivity index (χ4n) is 3.55. The van der Waals surface area contributed by atoms with Gasteiger partial charge in [0, 0.05) is 50.9 Å². The molecule has 0 amide bonds. The van der Waals surface area contributed by atoms with Gasteiger partial charge >= 0.3 is 0 Å². The molecule has 0 saturated carbocycles. The Morgan fingerprint density at radius 1 is 1.21 bits per heavy atom. The highest BCUT2D eigenvalue weighted by Gasteiger charge is 2.29. The van der Waals surface area contributed by atoms with Crippen LogP contribution < -0.4 is 4.74 Å². The van der Waals surface area contributed by atoms with E-state index in [-0.39, 0.29) is 6.61 Å². The number of ether oxygens (including phenoxy) is 1. The first kappa shape index (κ1) is 19.2. The highest BCUT2D eigenvalue weighted by molar-refractivity contribution is 5.33. The van der Waals surface area contributed by atoms with E-state index in [1.807, 2.05) is 13.0 Å². The quantitative estimate of drug-likeness (QED) is 0.831. The molecule has 0 aromatic heterocycles. The molecular weight excluding hydrogens is 300 g/mol. The summed E-state index contributed by atoms with van der Waals surface area (Å²) < 4.78 is 5.77. The number of hydrogen-bond donors (Lipinski definition) is 1. The van der Waals surface area contributed by atoms with Crippen LogP contribution in [0.4, 0.5) is 0 Å². The summed E-state index contributed by atoms with van der Waals surface area (Å²) in [4.78, 5) is 5.05. The molecule has 1 aliphatic rings. The Morgan fingerprint density at radius 2 is 1.96 bits per heavy atom. The lowest BCUT2D eigenvalue weighted by Crippen LogP contribution is -2.54. The first-order valence-electron chi connectivity index (χ1n) is 9.21. The van der Waals surface area contributed by atoms with E-state index in [4.69, 9.17) is 4.74 Å². The minimum absolute atomic E-state index is 0.248. The average molecular weight is 335 g/mol. The van der Waals surface area contributed by atoms with Crippen molar-refractivity contribution < 1.29 is 9.84 Å². The minimum Gasteiger partial charge on any atom is -0.494 e. The molecule has 1 fully saturated rings. The summed E-state index contributed by atoms with van der Waals surface area (Å²) in [5, 5.41) is 9.49. The van der Waals surface area contributed by atoms with Crippen LogP contribution in [0.3, 0.4) is 0 Å². The van der Waals surface area contributed by atoms with E-state index in [9.17, 15) is 5.11 Å². The summed E-state index contributed by atoms with van der Waals surface area (Å²) >= 11 is 0. The van der Waals surface area contributed by atoms with Crippen molar-refractivity contribution in [1.29, 1.82) is 0 Å². The molecule has 1 aromatic carbocycles. The zero-order valence-electron chi connectivity index (χ0n) is 15.8. The minimum atomic E-state index is 0.248. The monoisotopic (exact) mass is 334 g/mol. The Morgan fingerprint density at radius 3 is 2.62 bits per heavy atom. The number of rotatable bonds is 7. The van der Waals surface area contributed by atoms with Crippen molar-refractivity contribution in [2.24, 2.45) is 5.41 Å². The number of aliphatic hydroxyl groups is 1. The van der Waals surface area contributed by atoms with Crippen LogP contribution in [0.25, 0.3) is 0 Å². The van der Waals surface area contributed by atoms with Crippen molar-refractivity contribution in [1.82, 2.24) is 9.80 Å². The summed E-state index contributed by atoms with van der Waals surface area (Å²) in [6.07, 6.45) is 0.831. The maximum Gasteiger partial charge on any atom is 0.123 e. The average Bonchev–Trinajstić information content (AvgIpc) is 2.51. The van der Waals surface area contributed by atoms with E-state index in [1.54, 1.807) is 0 Å². The fourth-order valence-corrected chi connectivity index (χ4v) is 3.55. The Balaban J connectivity index is 2.04. The largest absolute Gasteiger partial charge is 0.494 e. The molecule has 0 bridgehead atoms. The molecule has 136 valence electrons. The Hall–Kier alpha value is -1.10. The van der Waals surface area contributed by atoms with Gasteiger partial charge in [-0.2, -0.15) is 0 Å². The van der Waals surface area contributed by atoms with Crippen LogP contribution in [0.15, 0.2) is 24.3 Å². The molecule has 0 unspecified atom stereocenters. The van der Waals surface area contributed by atoms with Crippen molar-refractivity contribution >= 4 is 0 Å². The second-order valence-electron chi connectivity index (χ2n) is 7.97. The van der Waals surface area contributed by atoms with Gasteiger partial charge < -0.3 is 9.84 Å². The summed E-state index contributed by atoms with van der Waals surface area (Å²) in [6.45, 7) is 15.0. The molecule has 24 heavy (non-hydrogen) atoms. The number of hydrogen-bond acceptors (Lipinski definition) is 4. The van der Waals surface area contributed by atoms with Gasteiger partial charge in [0.05, 0.1) is 6.61 Å². The second-order valence-corrected chi connectivity index (χ2v) is 7.97. The fraction of sp³-hybridized carbons (Fsp3) is 0.700. The van der Waals surface area contributed by atoms with Gasteiger partial charge in [-0.1, -0.05) is 39.0 Å². The van der Waals surface area contributed by atoms with Crippen molar-refractivity contribution in [2.75, 3.05) is 39.4 Å². The van der Waals surface area contributed by atoms with E-state index in [1.165, 1.54) is 5.56 Å². The lowest BCUT2D eigenvalue weighted by atomic mass is 9.95. The normalized spacial score (nSPS) is 20.3. The first-order chi connectivity index (χ1) is 11.4. The molecule has 1 aliphatic heterocycles. The van der Waals surface area contributed by atoms with Crippen LogP contribution in [0, 0.1) is 5.41 Å². The molecule has 1 atom stereocenters. The number of benzene rings is 1. The van der Waals surface area contributed by atoms with Crippen LogP contribution in [0.5, 0.6) is 5.75 Å². The van der Waals surface area contributed by atoms with Gasteiger partial charge in [-0.15, -0.1) is 0 Å². The second kappa shape index (κ2) is 8.84. The van der Waals surface area contributed by atoms with E-state index >= 15 is 0 Å². The molecule has 4 nitrogen and oxygen atoms in total. The van der Waals surface area contributed by atoms with Gasteiger partial charge in [-0.25, -0.2) is 0 Å². The van der Waals surface area contributed by atoms with Gasteiger partial charge in [-0.3, -0.25) is 9.80 Å². The Kier molecular flexibility index (Phi) is 7.08. The van der Waals surface area contributed by atoms with Crippen LogP contribution in [-0.2, 0) is 6.54 Å². The third kappa shape index (κ3) is 5.76. The molecule has 1 N–H and O–H groups in total. The molecule has 1 aromatic rings. The van der Waals surface area contributed by atoms with E-state index in [0.717, 1.165) is 44.9 Å². The number of nitrogens with zero attached hydrogens (tertiary/aromatic N) is 2. The van der Waals surface area contributed by atoms with Crippen LogP contribution in [0.2, 0.25) is 0 Å². The molecule has 0 radical (unpaired) electrons. The molecular formula is C20H34N2O2. The van der Waals surface area contributed by atoms with Gasteiger partial charge in [0.1, 0.15) is 5.75 Å². The maximum absolute atomic E-state index is 9.49. The first-order valence-corrected chi connectivity index (χ1v) is 9.21. The van der Waals surface area contributed by atoms with Crippen molar-refractivity contribution in [3.05, 3.63) is 29.8 Å². The maximum atomic E-state index is 9.49. The molecule has 0 aliphatic carbocycles. The van der Waals surface area contributed by atoms with Gasteiger partial charge in [0.15, 0.2) is 0 Å². The van der Waals surface area contributed by atoms with Crippen LogP contribution in [-0.4, -0.2) is 60.3 Å². The lowest BCUT2D eigenvalue weighted by molar-refractivity contribution is 0.0377. The molecule has 4 heteroatoms. The molecule has 0 spiro atoms. The van der Waals surface area contributed by atoms with Crippen molar-refractivity contribution in [3.8, 4) is 5.75 Å². The van der Waals surface area contributed by atoms with Crippen LogP contribution >= 0.6 is 0 Å². The third-order valence-corrected chi connectivity index (χ3v) is 4.49.